The first-order valence-corrected chi connectivity index (χ1v) is 6.92. The van der Waals surface area contributed by atoms with Gasteiger partial charge in [0, 0.05) is 19.6 Å². The summed E-state index contributed by atoms with van der Waals surface area (Å²) < 4.78 is 0. The normalized spacial score (nSPS) is 17.4. The van der Waals surface area contributed by atoms with Gasteiger partial charge in [-0.3, -0.25) is 9.59 Å². The third-order valence-electron chi connectivity index (χ3n) is 3.67. The van der Waals surface area contributed by atoms with Crippen molar-refractivity contribution in [3.63, 3.8) is 0 Å². The molecule has 1 amide bonds. The van der Waals surface area contributed by atoms with Gasteiger partial charge in [0.05, 0.1) is 12.5 Å². The van der Waals surface area contributed by atoms with Crippen LogP contribution in [-0.2, 0) is 22.6 Å². The molecule has 2 rings (SSSR count). The molecular formula is C15H20N2O3. The predicted molar refractivity (Wildman–Crippen MR) is 75.3 cm³/mol. The molecule has 1 aliphatic heterocycles. The number of nitrogens with zero attached hydrogens (tertiary/aromatic N) is 1. The van der Waals surface area contributed by atoms with Crippen LogP contribution in [0.3, 0.4) is 0 Å². The van der Waals surface area contributed by atoms with Gasteiger partial charge in [0.15, 0.2) is 0 Å². The minimum atomic E-state index is -0.877. The maximum atomic E-state index is 12.4. The molecule has 108 valence electrons. The monoisotopic (exact) mass is 276 g/mol. The quantitative estimate of drug-likeness (QED) is 0.842. The van der Waals surface area contributed by atoms with E-state index in [4.69, 9.17) is 5.11 Å². The number of carboxylic acid groups (broad SMARTS) is 1. The Hall–Kier alpha value is -1.88. The third kappa shape index (κ3) is 3.36. The number of benzene rings is 1. The first kappa shape index (κ1) is 14.5. The van der Waals surface area contributed by atoms with Crippen molar-refractivity contribution in [2.45, 2.75) is 32.4 Å². The lowest BCUT2D eigenvalue weighted by Gasteiger charge is -2.30. The zero-order chi connectivity index (χ0) is 14.5. The lowest BCUT2D eigenvalue weighted by molar-refractivity contribution is -0.139. The standard InChI is InChI=1S/C15H20N2O3/c1-2-17(8-7-14(18)19)15(20)13-9-11-5-3-4-6-12(11)10-16-13/h3-6,13,16H,2,7-10H2,1H3,(H,18,19)/t13-/m0/s1. The summed E-state index contributed by atoms with van der Waals surface area (Å²) in [6.07, 6.45) is 0.654. The smallest absolute Gasteiger partial charge is 0.305 e. The summed E-state index contributed by atoms with van der Waals surface area (Å²) in [5.41, 5.74) is 2.42. The average molecular weight is 276 g/mol. The Morgan fingerprint density at radius 3 is 2.70 bits per heavy atom. The van der Waals surface area contributed by atoms with Crippen LogP contribution in [0.25, 0.3) is 0 Å². The van der Waals surface area contributed by atoms with Crippen molar-refractivity contribution in [3.8, 4) is 0 Å². The van der Waals surface area contributed by atoms with Crippen LogP contribution in [0, 0.1) is 0 Å². The second-order valence-corrected chi connectivity index (χ2v) is 4.97. The minimum absolute atomic E-state index is 0.0109. The van der Waals surface area contributed by atoms with E-state index in [0.29, 0.717) is 19.5 Å². The van der Waals surface area contributed by atoms with E-state index in [1.807, 2.05) is 25.1 Å². The van der Waals surface area contributed by atoms with Gasteiger partial charge in [-0.15, -0.1) is 0 Å². The maximum absolute atomic E-state index is 12.4. The molecule has 1 atom stereocenters. The molecule has 20 heavy (non-hydrogen) atoms. The van der Waals surface area contributed by atoms with E-state index in [1.165, 1.54) is 11.1 Å². The van der Waals surface area contributed by atoms with Gasteiger partial charge in [-0.1, -0.05) is 24.3 Å². The van der Waals surface area contributed by atoms with Gasteiger partial charge in [-0.05, 0) is 24.5 Å². The van der Waals surface area contributed by atoms with Crippen LogP contribution < -0.4 is 5.32 Å². The first-order valence-electron chi connectivity index (χ1n) is 6.92. The number of likely N-dealkylation sites (N-methyl/N-ethyl adjacent to an activating group) is 1. The van der Waals surface area contributed by atoms with Gasteiger partial charge in [0.2, 0.25) is 5.91 Å². The van der Waals surface area contributed by atoms with Gasteiger partial charge in [-0.25, -0.2) is 0 Å². The number of hydrogen-bond acceptors (Lipinski definition) is 3. The summed E-state index contributed by atoms with van der Waals surface area (Å²) >= 11 is 0. The third-order valence-corrected chi connectivity index (χ3v) is 3.67. The Morgan fingerprint density at radius 2 is 2.05 bits per heavy atom. The fourth-order valence-corrected chi connectivity index (χ4v) is 2.50. The number of amides is 1. The molecule has 0 unspecified atom stereocenters. The number of carbonyl (C=O) groups excluding carboxylic acids is 1. The second kappa shape index (κ2) is 6.52. The van der Waals surface area contributed by atoms with Crippen LogP contribution in [0.1, 0.15) is 24.5 Å². The highest BCUT2D eigenvalue weighted by Crippen LogP contribution is 2.17. The van der Waals surface area contributed by atoms with Crippen LogP contribution in [0.5, 0.6) is 0 Å². The van der Waals surface area contributed by atoms with Crippen LogP contribution in [0.4, 0.5) is 0 Å². The molecule has 1 aromatic carbocycles. The molecule has 2 N–H and O–H groups in total. The van der Waals surface area contributed by atoms with E-state index in [9.17, 15) is 9.59 Å². The first-order chi connectivity index (χ1) is 9.61. The Bertz CT molecular complexity index is 502. The highest BCUT2D eigenvalue weighted by Gasteiger charge is 2.27. The molecule has 0 aliphatic carbocycles. The number of fused-ring (bicyclic) bond motifs is 1. The maximum Gasteiger partial charge on any atom is 0.305 e. The van der Waals surface area contributed by atoms with Crippen molar-refractivity contribution in [1.82, 2.24) is 10.2 Å². The van der Waals surface area contributed by atoms with Crippen molar-refractivity contribution >= 4 is 11.9 Å². The lowest BCUT2D eigenvalue weighted by atomic mass is 9.95. The largest absolute Gasteiger partial charge is 0.481 e. The Morgan fingerprint density at radius 1 is 1.35 bits per heavy atom. The summed E-state index contributed by atoms with van der Waals surface area (Å²) in [6, 6.07) is 7.83. The topological polar surface area (TPSA) is 69.6 Å². The van der Waals surface area contributed by atoms with E-state index in [0.717, 1.165) is 0 Å². The molecule has 0 saturated carbocycles. The van der Waals surface area contributed by atoms with Crippen molar-refractivity contribution in [2.75, 3.05) is 13.1 Å². The summed E-state index contributed by atoms with van der Waals surface area (Å²) in [5, 5.41) is 12.0. The molecular weight excluding hydrogens is 256 g/mol. The van der Waals surface area contributed by atoms with Crippen molar-refractivity contribution in [2.24, 2.45) is 0 Å². The highest BCUT2D eigenvalue weighted by atomic mass is 16.4. The molecule has 0 fully saturated rings. The van der Waals surface area contributed by atoms with Gasteiger partial charge in [-0.2, -0.15) is 0 Å². The summed E-state index contributed by atoms with van der Waals surface area (Å²) in [6.45, 7) is 3.36. The van der Waals surface area contributed by atoms with Crippen LogP contribution in [-0.4, -0.2) is 41.0 Å². The molecule has 1 heterocycles. The number of rotatable bonds is 5. The molecule has 0 spiro atoms. The Labute approximate surface area is 118 Å². The van der Waals surface area contributed by atoms with E-state index in [2.05, 4.69) is 11.4 Å². The molecule has 1 aliphatic rings. The van der Waals surface area contributed by atoms with Crippen LogP contribution in [0.15, 0.2) is 24.3 Å². The van der Waals surface area contributed by atoms with Crippen molar-refractivity contribution in [3.05, 3.63) is 35.4 Å². The summed E-state index contributed by atoms with van der Waals surface area (Å²) in [5.74, 6) is -0.888. The minimum Gasteiger partial charge on any atom is -0.481 e. The summed E-state index contributed by atoms with van der Waals surface area (Å²) in [7, 11) is 0. The van der Waals surface area contributed by atoms with E-state index in [-0.39, 0.29) is 24.9 Å². The van der Waals surface area contributed by atoms with E-state index < -0.39 is 5.97 Å². The fraction of sp³-hybridized carbons (Fsp3) is 0.467. The number of carboxylic acids is 1. The van der Waals surface area contributed by atoms with Gasteiger partial charge in [0.25, 0.3) is 0 Å². The molecule has 0 saturated heterocycles. The molecule has 0 aromatic heterocycles. The van der Waals surface area contributed by atoms with Crippen LogP contribution in [0.2, 0.25) is 0 Å². The number of hydrogen-bond donors (Lipinski definition) is 2. The summed E-state index contributed by atoms with van der Waals surface area (Å²) in [4.78, 5) is 24.7. The van der Waals surface area contributed by atoms with Crippen molar-refractivity contribution < 1.29 is 14.7 Å². The second-order valence-electron chi connectivity index (χ2n) is 4.97. The Balaban J connectivity index is 2.01. The fourth-order valence-electron chi connectivity index (χ4n) is 2.50. The number of carbonyl (C=O) groups is 2. The Kier molecular flexibility index (Phi) is 4.74. The van der Waals surface area contributed by atoms with E-state index in [1.54, 1.807) is 4.90 Å². The SMILES string of the molecule is CCN(CCC(=O)O)C(=O)[C@@H]1Cc2ccccc2CN1. The molecule has 0 bridgehead atoms. The van der Waals surface area contributed by atoms with E-state index >= 15 is 0 Å². The van der Waals surface area contributed by atoms with Crippen LogP contribution >= 0.6 is 0 Å². The van der Waals surface area contributed by atoms with Gasteiger partial charge >= 0.3 is 5.97 Å². The van der Waals surface area contributed by atoms with Crippen molar-refractivity contribution in [1.29, 1.82) is 0 Å². The number of nitrogens with one attached hydrogen (secondary N) is 1. The van der Waals surface area contributed by atoms with Gasteiger partial charge < -0.3 is 15.3 Å². The molecule has 1 aromatic rings. The van der Waals surface area contributed by atoms with Gasteiger partial charge in [0.1, 0.15) is 0 Å². The zero-order valence-corrected chi connectivity index (χ0v) is 11.6. The average Bonchev–Trinajstić information content (AvgIpc) is 2.47. The highest BCUT2D eigenvalue weighted by molar-refractivity contribution is 5.83. The molecule has 0 radical (unpaired) electrons. The molecule has 5 heteroatoms. The lowest BCUT2D eigenvalue weighted by Crippen LogP contribution is -2.49. The number of aliphatic carboxylic acids is 1. The zero-order valence-electron chi connectivity index (χ0n) is 11.6. The predicted octanol–water partition coefficient (Wildman–Crippen LogP) is 1.02. The molecule has 5 nitrogen and oxygen atoms in total.